The molecule has 4 rings (SSSR count). The van der Waals surface area contributed by atoms with E-state index in [0.717, 1.165) is 16.6 Å². The molecule has 0 unspecified atom stereocenters. The fourth-order valence-electron chi connectivity index (χ4n) is 3.02. The maximum absolute atomic E-state index is 11.7. The molecule has 0 atom stereocenters. The van der Waals surface area contributed by atoms with Crippen LogP contribution in [0, 0.1) is 0 Å². The highest BCUT2D eigenvalue weighted by Gasteiger charge is 2.20. The van der Waals surface area contributed by atoms with Crippen LogP contribution >= 0.6 is 0 Å². The molecule has 3 heterocycles. The number of H-pyrrole nitrogens is 1. The van der Waals surface area contributed by atoms with Gasteiger partial charge in [-0.05, 0) is 24.3 Å². The Labute approximate surface area is 142 Å². The SMILES string of the molecule is Cn1c(-c2[nH]c(-c3ccnc(N)n3)cc2C(=O)O)cc2ccccc21. The fraction of sp³-hybridized carbons (Fsp3) is 0.0556. The first-order valence-corrected chi connectivity index (χ1v) is 7.64. The fourth-order valence-corrected chi connectivity index (χ4v) is 3.02. The maximum Gasteiger partial charge on any atom is 0.337 e. The van der Waals surface area contributed by atoms with Gasteiger partial charge in [-0.1, -0.05) is 18.2 Å². The predicted octanol–water partition coefficient (Wildman–Crippen LogP) is 2.91. The van der Waals surface area contributed by atoms with E-state index in [1.165, 1.54) is 6.20 Å². The molecule has 4 aromatic rings. The molecule has 7 nitrogen and oxygen atoms in total. The molecule has 0 aliphatic rings. The van der Waals surface area contributed by atoms with Crippen molar-refractivity contribution in [3.8, 4) is 22.8 Å². The van der Waals surface area contributed by atoms with Crippen LogP contribution in [0.25, 0.3) is 33.7 Å². The van der Waals surface area contributed by atoms with Crippen molar-refractivity contribution in [3.63, 3.8) is 0 Å². The van der Waals surface area contributed by atoms with E-state index in [-0.39, 0.29) is 11.5 Å². The van der Waals surface area contributed by atoms with Gasteiger partial charge in [-0.3, -0.25) is 0 Å². The molecule has 0 radical (unpaired) electrons. The Morgan fingerprint density at radius 3 is 2.76 bits per heavy atom. The number of para-hydroxylation sites is 1. The summed E-state index contributed by atoms with van der Waals surface area (Å²) >= 11 is 0. The molecular weight excluding hydrogens is 318 g/mol. The van der Waals surface area contributed by atoms with Gasteiger partial charge in [0.05, 0.1) is 28.3 Å². The van der Waals surface area contributed by atoms with Crippen molar-refractivity contribution < 1.29 is 9.90 Å². The summed E-state index contributed by atoms with van der Waals surface area (Å²) in [4.78, 5) is 22.9. The molecule has 1 aromatic carbocycles. The van der Waals surface area contributed by atoms with Gasteiger partial charge in [-0.2, -0.15) is 0 Å². The number of aromatic nitrogens is 4. The number of carbonyl (C=O) groups is 1. The first-order chi connectivity index (χ1) is 12.0. The number of nitrogen functional groups attached to an aromatic ring is 1. The zero-order valence-electron chi connectivity index (χ0n) is 13.4. The number of benzene rings is 1. The average molecular weight is 333 g/mol. The lowest BCUT2D eigenvalue weighted by atomic mass is 10.1. The molecule has 0 fully saturated rings. The lowest BCUT2D eigenvalue weighted by molar-refractivity contribution is 0.0698. The van der Waals surface area contributed by atoms with Gasteiger partial charge in [-0.15, -0.1) is 0 Å². The quantitative estimate of drug-likeness (QED) is 0.534. The van der Waals surface area contributed by atoms with E-state index in [1.807, 2.05) is 41.9 Å². The van der Waals surface area contributed by atoms with Crippen molar-refractivity contribution in [2.45, 2.75) is 0 Å². The zero-order valence-corrected chi connectivity index (χ0v) is 13.4. The molecule has 0 saturated heterocycles. The molecule has 0 bridgehead atoms. The number of hydrogen-bond acceptors (Lipinski definition) is 4. The van der Waals surface area contributed by atoms with Crippen LogP contribution < -0.4 is 5.73 Å². The first kappa shape index (κ1) is 14.9. The Kier molecular flexibility index (Phi) is 3.28. The number of hydrogen-bond donors (Lipinski definition) is 3. The summed E-state index contributed by atoms with van der Waals surface area (Å²) in [7, 11) is 1.91. The van der Waals surface area contributed by atoms with Crippen LogP contribution in [0.4, 0.5) is 5.95 Å². The second-order valence-corrected chi connectivity index (χ2v) is 5.72. The van der Waals surface area contributed by atoms with Crippen LogP contribution in [-0.4, -0.2) is 30.6 Å². The molecule has 7 heteroatoms. The molecule has 0 spiro atoms. The standard InChI is InChI=1S/C18H15N5O2/c1-23-14-5-3-2-4-10(14)8-15(23)16-11(17(24)25)9-13(21-16)12-6-7-20-18(19)22-12/h2-9,21H,1H3,(H,24,25)(H2,19,20,22). The van der Waals surface area contributed by atoms with Crippen molar-refractivity contribution in [1.29, 1.82) is 0 Å². The molecule has 3 aromatic heterocycles. The Balaban J connectivity index is 1.94. The number of rotatable bonds is 3. The third-order valence-corrected chi connectivity index (χ3v) is 4.21. The number of carboxylic acids is 1. The molecule has 4 N–H and O–H groups in total. The van der Waals surface area contributed by atoms with E-state index in [2.05, 4.69) is 15.0 Å². The van der Waals surface area contributed by atoms with Crippen LogP contribution in [0.3, 0.4) is 0 Å². The lowest BCUT2D eigenvalue weighted by Gasteiger charge is -2.04. The number of nitrogens with two attached hydrogens (primary N) is 1. The number of nitrogens with zero attached hydrogens (tertiary/aromatic N) is 3. The van der Waals surface area contributed by atoms with E-state index < -0.39 is 5.97 Å². The average Bonchev–Trinajstić information content (AvgIpc) is 3.17. The second-order valence-electron chi connectivity index (χ2n) is 5.72. The molecule has 0 aliphatic carbocycles. The van der Waals surface area contributed by atoms with E-state index in [9.17, 15) is 9.90 Å². The van der Waals surface area contributed by atoms with Gasteiger partial charge in [0, 0.05) is 24.1 Å². The summed E-state index contributed by atoms with van der Waals surface area (Å²) in [5.74, 6) is -0.875. The van der Waals surface area contributed by atoms with Crippen molar-refractivity contribution in [3.05, 3.63) is 54.2 Å². The summed E-state index contributed by atoms with van der Waals surface area (Å²) in [5, 5.41) is 10.7. The molecular formula is C18H15N5O2. The predicted molar refractivity (Wildman–Crippen MR) is 95.1 cm³/mol. The smallest absolute Gasteiger partial charge is 0.337 e. The zero-order chi connectivity index (χ0) is 17.6. The monoisotopic (exact) mass is 333 g/mol. The van der Waals surface area contributed by atoms with Crippen molar-refractivity contribution in [1.82, 2.24) is 19.5 Å². The van der Waals surface area contributed by atoms with E-state index in [0.29, 0.717) is 17.1 Å². The number of fused-ring (bicyclic) bond motifs is 1. The summed E-state index contributed by atoms with van der Waals surface area (Å²) in [5.41, 5.74) is 9.26. The van der Waals surface area contributed by atoms with E-state index in [1.54, 1.807) is 12.1 Å². The number of aromatic amines is 1. The summed E-state index contributed by atoms with van der Waals surface area (Å²) in [6, 6.07) is 13.1. The Hall–Kier alpha value is -3.61. The minimum Gasteiger partial charge on any atom is -0.478 e. The Morgan fingerprint density at radius 2 is 2.04 bits per heavy atom. The van der Waals surface area contributed by atoms with Crippen LogP contribution in [0.1, 0.15) is 10.4 Å². The van der Waals surface area contributed by atoms with Gasteiger partial charge in [0.25, 0.3) is 0 Å². The van der Waals surface area contributed by atoms with Gasteiger partial charge < -0.3 is 20.4 Å². The normalized spacial score (nSPS) is 11.1. The van der Waals surface area contributed by atoms with Crippen molar-refractivity contribution in [2.24, 2.45) is 7.05 Å². The molecule has 0 aliphatic heterocycles. The van der Waals surface area contributed by atoms with Gasteiger partial charge in [-0.25, -0.2) is 14.8 Å². The topological polar surface area (TPSA) is 110 Å². The summed E-state index contributed by atoms with van der Waals surface area (Å²) in [6.07, 6.45) is 1.54. The molecule has 0 amide bonds. The Morgan fingerprint density at radius 1 is 1.24 bits per heavy atom. The van der Waals surface area contributed by atoms with Gasteiger partial charge in [0.2, 0.25) is 5.95 Å². The largest absolute Gasteiger partial charge is 0.478 e. The van der Waals surface area contributed by atoms with E-state index >= 15 is 0 Å². The van der Waals surface area contributed by atoms with Crippen molar-refractivity contribution in [2.75, 3.05) is 5.73 Å². The Bertz CT molecular complexity index is 1110. The van der Waals surface area contributed by atoms with E-state index in [4.69, 9.17) is 5.73 Å². The van der Waals surface area contributed by atoms with Crippen LogP contribution in [0.5, 0.6) is 0 Å². The summed E-state index contributed by atoms with van der Waals surface area (Å²) in [6.45, 7) is 0. The first-order valence-electron chi connectivity index (χ1n) is 7.64. The van der Waals surface area contributed by atoms with Gasteiger partial charge in [0.1, 0.15) is 0 Å². The molecule has 0 saturated carbocycles. The third-order valence-electron chi connectivity index (χ3n) is 4.21. The maximum atomic E-state index is 11.7. The van der Waals surface area contributed by atoms with Crippen LogP contribution in [0.2, 0.25) is 0 Å². The number of aromatic carboxylic acids is 1. The number of carboxylic acid groups (broad SMARTS) is 1. The highest BCUT2D eigenvalue weighted by Crippen LogP contribution is 2.32. The number of anilines is 1. The van der Waals surface area contributed by atoms with Gasteiger partial charge in [0.15, 0.2) is 0 Å². The highest BCUT2D eigenvalue weighted by molar-refractivity contribution is 5.98. The summed E-state index contributed by atoms with van der Waals surface area (Å²) < 4.78 is 1.96. The molecule has 124 valence electrons. The molecule has 25 heavy (non-hydrogen) atoms. The number of nitrogens with one attached hydrogen (secondary N) is 1. The minimum absolute atomic E-state index is 0.134. The highest BCUT2D eigenvalue weighted by atomic mass is 16.4. The third kappa shape index (κ3) is 2.42. The second kappa shape index (κ2) is 5.48. The number of aryl methyl sites for hydroxylation is 1. The van der Waals surface area contributed by atoms with Crippen LogP contribution in [-0.2, 0) is 7.05 Å². The van der Waals surface area contributed by atoms with Crippen molar-refractivity contribution >= 4 is 22.8 Å². The van der Waals surface area contributed by atoms with Crippen LogP contribution in [0.15, 0.2) is 48.7 Å². The minimum atomic E-state index is -1.01. The lowest BCUT2D eigenvalue weighted by Crippen LogP contribution is -1.99. The van der Waals surface area contributed by atoms with Gasteiger partial charge >= 0.3 is 5.97 Å².